The highest BCUT2D eigenvalue weighted by Crippen LogP contribution is 2.45. The van der Waals surface area contributed by atoms with Gasteiger partial charge in [-0.15, -0.1) is 11.3 Å². The van der Waals surface area contributed by atoms with Crippen LogP contribution in [-0.4, -0.2) is 56.5 Å². The van der Waals surface area contributed by atoms with Crippen molar-refractivity contribution in [2.24, 2.45) is 5.41 Å². The topological polar surface area (TPSA) is 81.2 Å². The van der Waals surface area contributed by atoms with E-state index >= 15 is 0 Å². The molecule has 2 saturated heterocycles. The molecule has 1 spiro atoms. The molecule has 0 aliphatic carbocycles. The van der Waals surface area contributed by atoms with Crippen LogP contribution >= 0.6 is 27.3 Å². The van der Waals surface area contributed by atoms with Crippen LogP contribution in [-0.2, 0) is 16.7 Å². The number of carbonyl (C=O) groups is 1. The molecule has 3 heterocycles. The number of carbonyl (C=O) groups excluding carboxylic acids is 1. The number of thiophene rings is 1. The maximum atomic E-state index is 12.9. The molecule has 7 nitrogen and oxygen atoms in total. The summed E-state index contributed by atoms with van der Waals surface area (Å²) in [5, 5.41) is 1.92. The molecule has 0 saturated carbocycles. The monoisotopic (exact) mass is 589 g/mol. The van der Waals surface area contributed by atoms with Gasteiger partial charge in [0.1, 0.15) is 4.88 Å². The fourth-order valence-corrected chi connectivity index (χ4v) is 7.43. The van der Waals surface area contributed by atoms with Crippen molar-refractivity contribution in [1.29, 1.82) is 0 Å². The van der Waals surface area contributed by atoms with Crippen LogP contribution in [0.3, 0.4) is 0 Å². The number of benzene rings is 2. The number of para-hydroxylation sites is 2. The minimum absolute atomic E-state index is 0.0791. The Kier molecular flexibility index (Phi) is 7.13. The van der Waals surface area contributed by atoms with Crippen LogP contribution in [0.15, 0.2) is 70.5 Å². The molecule has 0 atom stereocenters. The lowest BCUT2D eigenvalue weighted by molar-refractivity contribution is 0.0506. The maximum Gasteiger partial charge on any atom is 0.360 e. The molecular formula is C26H28BrN3O4S2. The van der Waals surface area contributed by atoms with Crippen LogP contribution < -0.4 is 9.21 Å². The molecule has 2 fully saturated rings. The fourth-order valence-electron chi connectivity index (χ4n) is 5.20. The van der Waals surface area contributed by atoms with E-state index in [2.05, 4.69) is 20.8 Å². The molecule has 5 rings (SSSR count). The number of amides is 1. The Hall–Kier alpha value is -2.40. The first kappa shape index (κ1) is 25.3. The number of likely N-dealkylation sites (tertiary alicyclic amines) is 1. The third-order valence-corrected chi connectivity index (χ3v) is 9.95. The van der Waals surface area contributed by atoms with Gasteiger partial charge in [0, 0.05) is 42.6 Å². The average molecular weight is 591 g/mol. The van der Waals surface area contributed by atoms with Crippen molar-refractivity contribution in [3.05, 3.63) is 81.0 Å². The van der Waals surface area contributed by atoms with Crippen LogP contribution in [0.25, 0.3) is 0 Å². The first-order valence-corrected chi connectivity index (χ1v) is 15.0. The minimum atomic E-state index is -4.44. The summed E-state index contributed by atoms with van der Waals surface area (Å²) in [6, 6.07) is 18.9. The summed E-state index contributed by atoms with van der Waals surface area (Å²) in [4.78, 5) is 17.7. The number of hydrogen-bond acceptors (Lipinski definition) is 5. The Bertz CT molecular complexity index is 1330. The van der Waals surface area contributed by atoms with Gasteiger partial charge in [-0.05, 0) is 64.3 Å². The van der Waals surface area contributed by atoms with E-state index in [1.165, 1.54) is 11.3 Å². The summed E-state index contributed by atoms with van der Waals surface area (Å²) in [6.07, 6.45) is 2.32. The van der Waals surface area contributed by atoms with Gasteiger partial charge >= 0.3 is 10.3 Å². The largest absolute Gasteiger partial charge is 0.369 e. The van der Waals surface area contributed by atoms with E-state index in [4.69, 9.17) is 0 Å². The Morgan fingerprint density at radius 2 is 1.69 bits per heavy atom. The fraction of sp³-hybridized carbons (Fsp3) is 0.346. The van der Waals surface area contributed by atoms with Crippen LogP contribution in [0.2, 0.25) is 0 Å². The third kappa shape index (κ3) is 5.18. The van der Waals surface area contributed by atoms with Gasteiger partial charge in [0.2, 0.25) is 0 Å². The first-order valence-electron chi connectivity index (χ1n) is 11.9. The Morgan fingerprint density at radius 3 is 2.33 bits per heavy atom. The van der Waals surface area contributed by atoms with Gasteiger partial charge in [-0.2, -0.15) is 8.42 Å². The molecule has 1 N–H and O–H groups in total. The molecule has 2 aliphatic rings. The van der Waals surface area contributed by atoms with Crippen molar-refractivity contribution in [2.75, 3.05) is 41.9 Å². The molecule has 2 aromatic carbocycles. The molecule has 0 radical (unpaired) electrons. The number of nitrogens with zero attached hydrogens (tertiary/aromatic N) is 3. The van der Waals surface area contributed by atoms with Crippen molar-refractivity contribution in [3.8, 4) is 0 Å². The Labute approximate surface area is 224 Å². The molecule has 0 bridgehead atoms. The number of anilines is 2. The molecular weight excluding hydrogens is 562 g/mol. The number of piperidine rings is 1. The predicted molar refractivity (Wildman–Crippen MR) is 147 cm³/mol. The van der Waals surface area contributed by atoms with Crippen molar-refractivity contribution in [2.45, 2.75) is 19.3 Å². The first-order chi connectivity index (χ1) is 17.3. The van der Waals surface area contributed by atoms with E-state index in [1.54, 1.807) is 12.1 Å². The van der Waals surface area contributed by atoms with Crippen molar-refractivity contribution >= 4 is 54.9 Å². The van der Waals surface area contributed by atoms with Gasteiger partial charge < -0.3 is 9.80 Å². The SMILES string of the molecule is O=C(c1sccc1Br)N1CCC2(CC1)CN(c1ccccc1N(CCc1ccccc1)S(=O)(=O)O)C2. The van der Waals surface area contributed by atoms with Crippen molar-refractivity contribution in [3.63, 3.8) is 0 Å². The second-order valence-electron chi connectivity index (χ2n) is 9.52. The van der Waals surface area contributed by atoms with Gasteiger partial charge in [-0.1, -0.05) is 42.5 Å². The molecule has 10 heteroatoms. The van der Waals surface area contributed by atoms with Crippen LogP contribution in [0, 0.1) is 5.41 Å². The summed E-state index contributed by atoms with van der Waals surface area (Å²) >= 11 is 4.92. The Balaban J connectivity index is 1.27. The normalized spacial score (nSPS) is 17.2. The minimum Gasteiger partial charge on any atom is -0.369 e. The van der Waals surface area contributed by atoms with Crippen molar-refractivity contribution < 1.29 is 17.8 Å². The summed E-state index contributed by atoms with van der Waals surface area (Å²) in [5.41, 5.74) is 2.40. The number of hydrogen-bond donors (Lipinski definition) is 1. The van der Waals surface area contributed by atoms with E-state index in [0.29, 0.717) is 25.2 Å². The van der Waals surface area contributed by atoms with E-state index in [-0.39, 0.29) is 17.9 Å². The predicted octanol–water partition coefficient (Wildman–Crippen LogP) is 5.11. The molecule has 1 amide bonds. The molecule has 0 unspecified atom stereocenters. The smallest absolute Gasteiger partial charge is 0.360 e. The highest BCUT2D eigenvalue weighted by atomic mass is 79.9. The Morgan fingerprint density at radius 1 is 1.03 bits per heavy atom. The second-order valence-corrected chi connectivity index (χ2v) is 12.6. The zero-order chi connectivity index (χ0) is 25.3. The van der Waals surface area contributed by atoms with Gasteiger partial charge in [-0.25, -0.2) is 4.31 Å². The van der Waals surface area contributed by atoms with Gasteiger partial charge in [0.15, 0.2) is 0 Å². The van der Waals surface area contributed by atoms with E-state index < -0.39 is 10.3 Å². The van der Waals surface area contributed by atoms with Gasteiger partial charge in [0.25, 0.3) is 5.91 Å². The van der Waals surface area contributed by atoms with E-state index in [0.717, 1.165) is 50.8 Å². The molecule has 36 heavy (non-hydrogen) atoms. The van der Waals surface area contributed by atoms with Crippen LogP contribution in [0.4, 0.5) is 11.4 Å². The second kappa shape index (κ2) is 10.2. The lowest BCUT2D eigenvalue weighted by Gasteiger charge is -2.55. The molecule has 1 aromatic heterocycles. The number of halogens is 1. The van der Waals surface area contributed by atoms with Crippen LogP contribution in [0.1, 0.15) is 28.1 Å². The zero-order valence-corrected chi connectivity index (χ0v) is 22.9. The van der Waals surface area contributed by atoms with E-state index in [9.17, 15) is 17.8 Å². The highest BCUT2D eigenvalue weighted by Gasteiger charge is 2.46. The zero-order valence-electron chi connectivity index (χ0n) is 19.7. The maximum absolute atomic E-state index is 12.9. The quantitative estimate of drug-likeness (QED) is 0.387. The summed E-state index contributed by atoms with van der Waals surface area (Å²) in [6.45, 7) is 3.17. The van der Waals surface area contributed by atoms with Crippen LogP contribution in [0.5, 0.6) is 0 Å². The number of rotatable bonds is 7. The summed E-state index contributed by atoms with van der Waals surface area (Å²) in [7, 11) is -4.44. The average Bonchev–Trinajstić information content (AvgIpc) is 3.28. The lowest BCUT2D eigenvalue weighted by Crippen LogP contribution is -2.61. The lowest BCUT2D eigenvalue weighted by atomic mass is 9.71. The third-order valence-electron chi connectivity index (χ3n) is 7.19. The molecule has 190 valence electrons. The van der Waals surface area contributed by atoms with E-state index in [1.807, 2.05) is 58.8 Å². The van der Waals surface area contributed by atoms with Gasteiger partial charge in [-0.3, -0.25) is 9.35 Å². The standard InChI is InChI=1S/C26H28BrN3O4S2/c27-21-11-17-35-24(21)25(31)28-15-12-26(13-16-28)18-29(19-26)22-8-4-5-9-23(22)30(36(32,33)34)14-10-20-6-2-1-3-7-20/h1-9,11,17H,10,12-16,18-19H2,(H,32,33,34). The summed E-state index contributed by atoms with van der Waals surface area (Å²) in [5.74, 6) is 0.0791. The summed E-state index contributed by atoms with van der Waals surface area (Å²) < 4.78 is 36.8. The van der Waals surface area contributed by atoms with Crippen molar-refractivity contribution in [1.82, 2.24) is 4.90 Å². The highest BCUT2D eigenvalue weighted by molar-refractivity contribution is 9.10. The molecule has 2 aliphatic heterocycles. The van der Waals surface area contributed by atoms with Gasteiger partial charge in [0.05, 0.1) is 11.4 Å². The molecule has 3 aromatic rings.